The SMILES string of the molecule is N#C/C(=C(/O)CN1CCN(c2ccccn2)CC1)c1nc2ccccc2[nH]1. The number of fused-ring (bicyclic) bond motifs is 1. The van der Waals surface area contributed by atoms with Crippen LogP contribution in [-0.4, -0.2) is 57.7 Å². The van der Waals surface area contributed by atoms with Crippen LogP contribution in [0.3, 0.4) is 0 Å². The average molecular weight is 360 g/mol. The van der Waals surface area contributed by atoms with Crippen molar-refractivity contribution in [1.29, 1.82) is 5.26 Å². The molecule has 1 fully saturated rings. The minimum Gasteiger partial charge on any atom is -0.509 e. The van der Waals surface area contributed by atoms with Gasteiger partial charge in [-0.15, -0.1) is 0 Å². The Balaban J connectivity index is 1.46. The van der Waals surface area contributed by atoms with Crippen molar-refractivity contribution in [2.45, 2.75) is 0 Å². The Morgan fingerprint density at radius 3 is 2.59 bits per heavy atom. The van der Waals surface area contributed by atoms with Gasteiger partial charge in [0.05, 0.1) is 17.6 Å². The van der Waals surface area contributed by atoms with E-state index in [-0.39, 0.29) is 11.3 Å². The molecule has 0 bridgehead atoms. The molecule has 27 heavy (non-hydrogen) atoms. The molecule has 0 atom stereocenters. The highest BCUT2D eigenvalue weighted by Crippen LogP contribution is 2.20. The molecule has 1 aromatic carbocycles. The number of piperazine rings is 1. The van der Waals surface area contributed by atoms with E-state index in [1.807, 2.05) is 42.5 Å². The summed E-state index contributed by atoms with van der Waals surface area (Å²) in [7, 11) is 0. The third kappa shape index (κ3) is 3.61. The summed E-state index contributed by atoms with van der Waals surface area (Å²) in [5.41, 5.74) is 1.81. The van der Waals surface area contributed by atoms with Gasteiger partial charge in [-0.25, -0.2) is 9.97 Å². The molecule has 0 amide bonds. The van der Waals surface area contributed by atoms with E-state index in [2.05, 4.69) is 30.8 Å². The highest BCUT2D eigenvalue weighted by Gasteiger charge is 2.21. The van der Waals surface area contributed by atoms with E-state index in [0.29, 0.717) is 12.4 Å². The summed E-state index contributed by atoms with van der Waals surface area (Å²) in [6.07, 6.45) is 1.79. The molecular formula is C20H20N6O. The molecule has 2 aromatic heterocycles. The fourth-order valence-corrected chi connectivity index (χ4v) is 3.29. The van der Waals surface area contributed by atoms with E-state index in [1.165, 1.54) is 0 Å². The largest absolute Gasteiger partial charge is 0.509 e. The third-order valence-electron chi connectivity index (χ3n) is 4.75. The Morgan fingerprint density at radius 2 is 1.89 bits per heavy atom. The Hall–Kier alpha value is -3.37. The van der Waals surface area contributed by atoms with Crippen LogP contribution in [0.4, 0.5) is 5.82 Å². The van der Waals surface area contributed by atoms with Gasteiger partial charge in [0, 0.05) is 32.4 Å². The molecule has 2 N–H and O–H groups in total. The zero-order valence-electron chi connectivity index (χ0n) is 14.8. The molecule has 0 saturated carbocycles. The molecule has 4 rings (SSSR count). The monoisotopic (exact) mass is 360 g/mol. The molecule has 0 unspecified atom stereocenters. The summed E-state index contributed by atoms with van der Waals surface area (Å²) >= 11 is 0. The van der Waals surface area contributed by atoms with Crippen LogP contribution >= 0.6 is 0 Å². The minimum absolute atomic E-state index is 0.0443. The number of nitrogens with zero attached hydrogens (tertiary/aromatic N) is 5. The molecule has 1 saturated heterocycles. The van der Waals surface area contributed by atoms with E-state index >= 15 is 0 Å². The lowest BCUT2D eigenvalue weighted by molar-refractivity contribution is 0.238. The van der Waals surface area contributed by atoms with Gasteiger partial charge < -0.3 is 15.0 Å². The van der Waals surface area contributed by atoms with Crippen LogP contribution < -0.4 is 4.90 Å². The maximum atomic E-state index is 10.6. The van der Waals surface area contributed by atoms with E-state index in [0.717, 1.165) is 43.0 Å². The van der Waals surface area contributed by atoms with Crippen molar-refractivity contribution in [3.05, 3.63) is 60.2 Å². The Morgan fingerprint density at radius 1 is 1.11 bits per heavy atom. The van der Waals surface area contributed by atoms with Gasteiger partial charge in [-0.1, -0.05) is 18.2 Å². The number of imidazole rings is 1. The molecule has 3 aromatic rings. The number of aromatic nitrogens is 3. The van der Waals surface area contributed by atoms with Gasteiger partial charge in [0.15, 0.2) is 5.82 Å². The second-order valence-corrected chi connectivity index (χ2v) is 6.49. The lowest BCUT2D eigenvalue weighted by Gasteiger charge is -2.35. The first-order valence-electron chi connectivity index (χ1n) is 8.90. The predicted molar refractivity (Wildman–Crippen MR) is 104 cm³/mol. The molecule has 136 valence electrons. The summed E-state index contributed by atoms with van der Waals surface area (Å²) in [6, 6.07) is 15.6. The smallest absolute Gasteiger partial charge is 0.152 e. The average Bonchev–Trinajstić information content (AvgIpc) is 3.13. The maximum absolute atomic E-state index is 10.6. The Kier molecular flexibility index (Phi) is 4.73. The van der Waals surface area contributed by atoms with Gasteiger partial charge in [-0.3, -0.25) is 4.90 Å². The quantitative estimate of drug-likeness (QED) is 0.549. The van der Waals surface area contributed by atoms with Crippen LogP contribution in [0.1, 0.15) is 5.82 Å². The number of nitrogens with one attached hydrogen (secondary N) is 1. The first kappa shape index (κ1) is 17.1. The number of nitriles is 1. The third-order valence-corrected chi connectivity index (χ3v) is 4.75. The van der Waals surface area contributed by atoms with E-state index < -0.39 is 0 Å². The number of aliphatic hydroxyl groups excluding tert-OH is 1. The number of para-hydroxylation sites is 2. The number of H-pyrrole nitrogens is 1. The second kappa shape index (κ2) is 7.48. The van der Waals surface area contributed by atoms with E-state index in [9.17, 15) is 10.4 Å². The lowest BCUT2D eigenvalue weighted by Crippen LogP contribution is -2.47. The lowest BCUT2D eigenvalue weighted by atomic mass is 10.2. The number of allylic oxidation sites excluding steroid dienone is 1. The minimum atomic E-state index is 0.0443. The van der Waals surface area contributed by atoms with Crippen LogP contribution in [0.2, 0.25) is 0 Å². The number of aromatic amines is 1. The van der Waals surface area contributed by atoms with E-state index in [1.54, 1.807) is 6.20 Å². The van der Waals surface area contributed by atoms with Gasteiger partial charge in [-0.05, 0) is 24.3 Å². The summed E-state index contributed by atoms with van der Waals surface area (Å²) in [5.74, 6) is 1.42. The number of benzene rings is 1. The topological polar surface area (TPSA) is 92.1 Å². The van der Waals surface area contributed by atoms with Crippen LogP contribution in [-0.2, 0) is 0 Å². The maximum Gasteiger partial charge on any atom is 0.152 e. The zero-order chi connectivity index (χ0) is 18.6. The number of pyridine rings is 1. The van der Waals surface area contributed by atoms with Crippen molar-refractivity contribution in [2.24, 2.45) is 0 Å². The molecular weight excluding hydrogens is 340 g/mol. The number of hydrogen-bond donors (Lipinski definition) is 2. The molecule has 0 radical (unpaired) electrons. The van der Waals surface area contributed by atoms with Crippen LogP contribution in [0, 0.1) is 11.3 Å². The molecule has 0 spiro atoms. The van der Waals surface area contributed by atoms with Crippen molar-refractivity contribution < 1.29 is 5.11 Å². The standard InChI is InChI=1S/C20H20N6O/c21-13-15(20-23-16-5-1-2-6-17(16)24-20)18(27)14-25-9-11-26(12-10-25)19-7-3-4-8-22-19/h1-8,27H,9-12,14H2,(H,23,24)/b18-15-. The van der Waals surface area contributed by atoms with Crippen molar-refractivity contribution in [3.8, 4) is 6.07 Å². The number of anilines is 1. The van der Waals surface area contributed by atoms with Gasteiger partial charge in [0.25, 0.3) is 0 Å². The number of hydrogen-bond acceptors (Lipinski definition) is 6. The van der Waals surface area contributed by atoms with Crippen LogP contribution in [0.25, 0.3) is 16.6 Å². The highest BCUT2D eigenvalue weighted by atomic mass is 16.3. The van der Waals surface area contributed by atoms with Gasteiger partial charge in [-0.2, -0.15) is 5.26 Å². The van der Waals surface area contributed by atoms with Crippen LogP contribution in [0.5, 0.6) is 0 Å². The van der Waals surface area contributed by atoms with Crippen molar-refractivity contribution in [1.82, 2.24) is 19.9 Å². The molecule has 0 aliphatic carbocycles. The van der Waals surface area contributed by atoms with Gasteiger partial charge >= 0.3 is 0 Å². The van der Waals surface area contributed by atoms with Gasteiger partial charge in [0.1, 0.15) is 23.2 Å². The molecule has 3 heterocycles. The fourth-order valence-electron chi connectivity index (χ4n) is 3.29. The van der Waals surface area contributed by atoms with Crippen molar-refractivity contribution in [3.63, 3.8) is 0 Å². The van der Waals surface area contributed by atoms with E-state index in [4.69, 9.17) is 0 Å². The molecule has 7 heteroatoms. The van der Waals surface area contributed by atoms with Gasteiger partial charge in [0.2, 0.25) is 0 Å². The summed E-state index contributed by atoms with van der Waals surface area (Å²) in [4.78, 5) is 16.3. The highest BCUT2D eigenvalue weighted by molar-refractivity contribution is 5.82. The Bertz CT molecular complexity index is 963. The Labute approximate surface area is 157 Å². The first-order valence-corrected chi connectivity index (χ1v) is 8.90. The summed E-state index contributed by atoms with van der Waals surface area (Å²) in [6.45, 7) is 3.57. The molecule has 1 aliphatic rings. The first-order chi connectivity index (χ1) is 13.2. The summed E-state index contributed by atoms with van der Waals surface area (Å²) in [5, 5.41) is 20.1. The number of aliphatic hydroxyl groups is 1. The normalized spacial score (nSPS) is 16.2. The van der Waals surface area contributed by atoms with Crippen molar-refractivity contribution >= 4 is 22.4 Å². The summed E-state index contributed by atoms with van der Waals surface area (Å²) < 4.78 is 0. The van der Waals surface area contributed by atoms with Crippen LogP contribution in [0.15, 0.2) is 54.4 Å². The fraction of sp³-hybridized carbons (Fsp3) is 0.250. The molecule has 7 nitrogen and oxygen atoms in total. The predicted octanol–water partition coefficient (Wildman–Crippen LogP) is 2.57. The molecule has 1 aliphatic heterocycles. The zero-order valence-corrected chi connectivity index (χ0v) is 14.8. The number of rotatable bonds is 4. The van der Waals surface area contributed by atoms with Crippen molar-refractivity contribution in [2.75, 3.05) is 37.6 Å². The second-order valence-electron chi connectivity index (χ2n) is 6.49.